The van der Waals surface area contributed by atoms with E-state index in [-0.39, 0.29) is 0 Å². The van der Waals surface area contributed by atoms with Crippen LogP contribution in [0.25, 0.3) is 0 Å². The number of hydrogen-bond acceptors (Lipinski definition) is 3. The normalized spacial score (nSPS) is 13.2. The minimum Gasteiger partial charge on any atom is -0.535 e. The fourth-order valence-corrected chi connectivity index (χ4v) is 4.53. The first-order chi connectivity index (χ1) is 11.2. The van der Waals surface area contributed by atoms with E-state index in [9.17, 15) is 0 Å². The Bertz CT molecular complexity index is 516. The fourth-order valence-electron chi connectivity index (χ4n) is 1.59. The molecule has 0 unspecified atom stereocenters. The third-order valence-corrected chi connectivity index (χ3v) is 5.93. The van der Waals surface area contributed by atoms with Gasteiger partial charge in [-0.1, -0.05) is 39.3 Å². The molecule has 0 spiro atoms. The van der Waals surface area contributed by atoms with Crippen molar-refractivity contribution in [3.63, 3.8) is 0 Å². The van der Waals surface area contributed by atoms with Gasteiger partial charge in [-0.05, 0) is 39.3 Å². The summed E-state index contributed by atoms with van der Waals surface area (Å²) in [4.78, 5) is 3.99. The predicted octanol–water partition coefficient (Wildman–Crippen LogP) is 6.72. The average Bonchev–Trinajstić information content (AvgIpc) is 2.72. The molecule has 0 aromatic carbocycles. The van der Waals surface area contributed by atoms with Crippen LogP contribution < -0.4 is 0 Å². The second kappa shape index (κ2) is 11.0. The van der Waals surface area contributed by atoms with Gasteiger partial charge >= 0.3 is 0 Å². The van der Waals surface area contributed by atoms with Crippen LogP contribution in [0.15, 0.2) is 23.4 Å². The molecule has 0 saturated carbocycles. The minimum absolute atomic E-state index is 0.883. The van der Waals surface area contributed by atoms with Gasteiger partial charge < -0.3 is 8.66 Å². The van der Waals surface area contributed by atoms with Gasteiger partial charge in [0.05, 0.1) is 6.33 Å². The highest BCUT2D eigenvalue weighted by Gasteiger charge is 2.18. The molecule has 0 bridgehead atoms. The van der Waals surface area contributed by atoms with E-state index < -0.39 is 32.2 Å². The summed E-state index contributed by atoms with van der Waals surface area (Å²) in [6, 6.07) is 0. The van der Waals surface area contributed by atoms with Crippen molar-refractivity contribution in [2.45, 2.75) is 85.5 Å². The van der Waals surface area contributed by atoms with Gasteiger partial charge in [0.15, 0.2) is 22.4 Å². The van der Waals surface area contributed by atoms with Gasteiger partial charge in [0, 0.05) is 19.3 Å². The van der Waals surface area contributed by atoms with Gasteiger partial charge in [0.1, 0.15) is 7.38 Å². The van der Waals surface area contributed by atoms with Crippen LogP contribution in [0.4, 0.5) is 0 Å². The van der Waals surface area contributed by atoms with Crippen molar-refractivity contribution in [2.75, 3.05) is 0 Å². The summed E-state index contributed by atoms with van der Waals surface area (Å²) in [5.41, 5.74) is 0. The molecule has 0 amide bonds. The molecule has 0 aliphatic rings. The van der Waals surface area contributed by atoms with E-state index in [1.165, 1.54) is 0 Å². The maximum Gasteiger partial charge on any atom is 0.243 e. The van der Waals surface area contributed by atoms with E-state index in [2.05, 4.69) is 92.4 Å². The van der Waals surface area contributed by atoms with Gasteiger partial charge in [0.25, 0.3) is 0 Å². The molecule has 4 nitrogen and oxygen atoms in total. The fraction of sp³-hybridized carbons (Fsp3) is 0.765. The summed E-state index contributed by atoms with van der Waals surface area (Å²) in [7, 11) is -5.03. The highest BCUT2D eigenvalue weighted by Crippen LogP contribution is 2.08. The Morgan fingerprint density at radius 3 is 1.54 bits per heavy atom. The van der Waals surface area contributed by atoms with Crippen LogP contribution in [0, 0.1) is 0 Å². The Hall–Kier alpha value is -0.162. The van der Waals surface area contributed by atoms with E-state index in [0.29, 0.717) is 0 Å². The lowest BCUT2D eigenvalue weighted by molar-refractivity contribution is 0.549. The van der Waals surface area contributed by atoms with Crippen LogP contribution in [-0.4, -0.2) is 47.3 Å². The minimum atomic E-state index is -1.43. The van der Waals surface area contributed by atoms with E-state index in [1.54, 1.807) is 0 Å². The smallest absolute Gasteiger partial charge is 0.243 e. The monoisotopic (exact) mass is 451 g/mol. The molecule has 9 heteroatoms. The van der Waals surface area contributed by atoms with Crippen molar-refractivity contribution in [3.8, 4) is 0 Å². The Kier molecular flexibility index (Phi) is 11.9. The van der Waals surface area contributed by atoms with Crippen molar-refractivity contribution in [1.29, 1.82) is 0 Å². The molecule has 154 valence electrons. The highest BCUT2D eigenvalue weighted by atomic mass is 35.6. The number of aromatic nitrogens is 2. The molecular weight excluding hydrogens is 410 g/mol. The van der Waals surface area contributed by atoms with E-state index in [1.807, 2.05) is 25.6 Å². The highest BCUT2D eigenvalue weighted by molar-refractivity contribution is 7.18. The number of hydrogen-bond donors (Lipinski definition) is 0. The summed E-state index contributed by atoms with van der Waals surface area (Å²) in [5.74, 6) is 0.883. The molecule has 1 heterocycles. The summed E-state index contributed by atoms with van der Waals surface area (Å²) < 4.78 is 12.5. The zero-order valence-corrected chi connectivity index (χ0v) is 24.1. The second-order valence-electron chi connectivity index (χ2n) is 10.2. The van der Waals surface area contributed by atoms with Gasteiger partial charge in [-0.15, -0.1) is 0 Å². The lowest BCUT2D eigenvalue weighted by Gasteiger charge is -2.21. The lowest BCUT2D eigenvalue weighted by atomic mass is 10.8. The van der Waals surface area contributed by atoms with E-state index >= 15 is 0 Å². The second-order valence-corrected chi connectivity index (χ2v) is 31.6. The van der Waals surface area contributed by atoms with Crippen LogP contribution >= 0.6 is 11.1 Å². The van der Waals surface area contributed by atoms with Gasteiger partial charge in [-0.3, -0.25) is 4.66 Å². The Morgan fingerprint density at radius 1 is 0.923 bits per heavy atom. The third-order valence-electron chi connectivity index (χ3n) is 2.23. The summed E-state index contributed by atoms with van der Waals surface area (Å²) >= 11 is 5.67. The van der Waals surface area contributed by atoms with Crippen LogP contribution in [0.1, 0.15) is 6.92 Å². The molecule has 0 N–H and O–H groups in total. The maximum absolute atomic E-state index is 5.74. The zero-order chi connectivity index (χ0) is 21.4. The van der Waals surface area contributed by atoms with Crippen LogP contribution in [0.2, 0.25) is 78.6 Å². The van der Waals surface area contributed by atoms with Crippen molar-refractivity contribution < 1.29 is 4.43 Å². The Labute approximate surface area is 171 Å². The first-order valence-corrected chi connectivity index (χ1v) is 23.9. The first kappa shape index (κ1) is 28.1. The van der Waals surface area contributed by atoms with Gasteiger partial charge in [-0.25, -0.2) is 4.98 Å². The van der Waals surface area contributed by atoms with Crippen molar-refractivity contribution in [2.24, 2.45) is 4.66 Å². The molecule has 0 radical (unpaired) electrons. The predicted molar refractivity (Wildman–Crippen MR) is 131 cm³/mol. The molecule has 1 aromatic rings. The molecule has 1 aromatic heterocycles. The first-order valence-electron chi connectivity index (χ1n) is 9.13. The van der Waals surface area contributed by atoms with Crippen LogP contribution in [0.3, 0.4) is 0 Å². The van der Waals surface area contributed by atoms with Crippen molar-refractivity contribution in [3.05, 3.63) is 18.7 Å². The van der Waals surface area contributed by atoms with E-state index in [4.69, 9.17) is 15.5 Å². The average molecular weight is 452 g/mol. The van der Waals surface area contributed by atoms with E-state index in [0.717, 1.165) is 5.90 Å². The van der Waals surface area contributed by atoms with Gasteiger partial charge in [0.2, 0.25) is 8.32 Å². The van der Waals surface area contributed by atoms with Crippen LogP contribution in [-0.2, 0) is 4.43 Å². The molecule has 0 saturated heterocycles. The SMILES string of the molecule is C/C(=N/[Si](C)(C)C)O[Si](C)(C)C.C[Si](C)(C)Cl.C[Si](C)(C)n1ccnc1. The topological polar surface area (TPSA) is 39.4 Å². The quantitative estimate of drug-likeness (QED) is 0.221. The lowest BCUT2D eigenvalue weighted by Crippen LogP contribution is -2.30. The molecular formula is C17H42ClN3OSi4. The number of imidazole rings is 1. The maximum atomic E-state index is 5.74. The Morgan fingerprint density at radius 2 is 1.35 bits per heavy atom. The molecule has 0 fully saturated rings. The number of halogens is 1. The molecule has 0 atom stereocenters. The summed E-state index contributed by atoms with van der Waals surface area (Å²) in [6.45, 7) is 28.3. The van der Waals surface area contributed by atoms with Gasteiger partial charge in [-0.2, -0.15) is 11.1 Å². The zero-order valence-electron chi connectivity index (χ0n) is 19.4. The Balaban J connectivity index is 0. The standard InChI is InChI=1S/C8H21NOSi2.C6H12N2Si.C3H9ClSi/c1-8(9-11(2,3)4)10-12(5,6)7;1-9(2,3)8-5-4-7-6-8;1-5(2,3)4/h1-7H3;4-6H,1-3H3;1-3H3/b9-8-;;. The van der Waals surface area contributed by atoms with Crippen LogP contribution in [0.5, 0.6) is 0 Å². The molecule has 1 rings (SSSR count). The molecule has 0 aliphatic carbocycles. The van der Waals surface area contributed by atoms with Crippen molar-refractivity contribution in [1.82, 2.24) is 9.22 Å². The number of nitrogens with zero attached hydrogens (tertiary/aromatic N) is 3. The molecule has 26 heavy (non-hydrogen) atoms. The summed E-state index contributed by atoms with van der Waals surface area (Å²) in [6.07, 6.45) is 5.76. The largest absolute Gasteiger partial charge is 0.535 e. The number of rotatable bonds is 3. The van der Waals surface area contributed by atoms with Crippen molar-refractivity contribution >= 4 is 49.1 Å². The summed E-state index contributed by atoms with van der Waals surface area (Å²) in [5, 5.41) is 0. The third kappa shape index (κ3) is 23.8. The molecule has 0 aliphatic heterocycles.